The number of carbonyl (C=O) groups excluding carboxylic acids is 1. The number of esters is 1. The highest BCUT2D eigenvalue weighted by molar-refractivity contribution is 6.99. The first kappa shape index (κ1) is 32.5. The second-order valence-electron chi connectivity index (χ2n) is 12.7. The van der Waals surface area contributed by atoms with Gasteiger partial charge in [0.05, 0.1) is 11.5 Å². The molecule has 238 valence electrons. The lowest BCUT2D eigenvalue weighted by atomic mass is 9.92. The summed E-state index contributed by atoms with van der Waals surface area (Å²) in [7, 11) is -2.73. The zero-order chi connectivity index (χ0) is 32.2. The van der Waals surface area contributed by atoms with Crippen molar-refractivity contribution in [2.45, 2.75) is 71.6 Å². The summed E-state index contributed by atoms with van der Waals surface area (Å²) in [4.78, 5) is 13.4. The fourth-order valence-corrected chi connectivity index (χ4v) is 10.9. The van der Waals surface area contributed by atoms with Crippen LogP contribution in [0.15, 0.2) is 78.9 Å². The third-order valence-electron chi connectivity index (χ3n) is 8.21. The van der Waals surface area contributed by atoms with Gasteiger partial charge in [-0.1, -0.05) is 81.4 Å². The van der Waals surface area contributed by atoms with Gasteiger partial charge >= 0.3 is 5.97 Å². The maximum atomic E-state index is 13.4. The minimum Gasteiger partial charge on any atom is -0.506 e. The van der Waals surface area contributed by atoms with Crippen LogP contribution in [-0.2, 0) is 20.3 Å². The first-order valence-electron chi connectivity index (χ1n) is 15.7. The van der Waals surface area contributed by atoms with E-state index in [0.717, 1.165) is 5.56 Å². The van der Waals surface area contributed by atoms with Gasteiger partial charge in [-0.3, -0.25) is 0 Å². The number of phenolic OH excluding ortho intramolecular Hbond substituents is 1. The molecule has 1 N–H and O–H groups in total. The monoisotopic (exact) mass is 628 g/mol. The van der Waals surface area contributed by atoms with Crippen molar-refractivity contribution in [1.29, 1.82) is 0 Å². The molecule has 8 heteroatoms. The highest BCUT2D eigenvalue weighted by Crippen LogP contribution is 2.43. The minimum atomic E-state index is -2.73. The quantitative estimate of drug-likeness (QED) is 0.0804. The van der Waals surface area contributed by atoms with E-state index in [9.17, 15) is 9.90 Å². The molecule has 0 aliphatic carbocycles. The van der Waals surface area contributed by atoms with Crippen LogP contribution in [-0.4, -0.2) is 51.6 Å². The van der Waals surface area contributed by atoms with Gasteiger partial charge in [-0.2, -0.15) is 0 Å². The van der Waals surface area contributed by atoms with Crippen molar-refractivity contribution < 1.29 is 33.3 Å². The summed E-state index contributed by atoms with van der Waals surface area (Å²) >= 11 is 0. The van der Waals surface area contributed by atoms with Crippen LogP contribution in [0.1, 0.15) is 63.9 Å². The molecular weight excluding hydrogens is 584 g/mol. The number of benzene rings is 4. The maximum absolute atomic E-state index is 13.4. The fraction of sp³-hybridized carbons (Fsp3) is 0.378. The number of rotatable bonds is 12. The van der Waals surface area contributed by atoms with Crippen LogP contribution in [0.4, 0.5) is 0 Å². The number of aromatic hydroxyl groups is 1. The number of hydrogen-bond donors (Lipinski definition) is 1. The molecule has 0 spiro atoms. The Morgan fingerprint density at radius 2 is 1.62 bits per heavy atom. The van der Waals surface area contributed by atoms with Gasteiger partial charge in [-0.25, -0.2) is 4.79 Å². The van der Waals surface area contributed by atoms with Crippen molar-refractivity contribution in [3.8, 4) is 17.2 Å². The van der Waals surface area contributed by atoms with Crippen molar-refractivity contribution in [2.75, 3.05) is 20.0 Å². The van der Waals surface area contributed by atoms with E-state index in [1.54, 1.807) is 6.07 Å². The highest BCUT2D eigenvalue weighted by atomic mass is 28.4. The molecule has 1 atom stereocenters. The van der Waals surface area contributed by atoms with Crippen LogP contribution in [0.2, 0.25) is 5.04 Å². The van der Waals surface area contributed by atoms with Crippen molar-refractivity contribution in [3.63, 3.8) is 0 Å². The average molecular weight is 629 g/mol. The van der Waals surface area contributed by atoms with Gasteiger partial charge in [0, 0.05) is 32.1 Å². The molecule has 1 heterocycles. The molecule has 7 nitrogen and oxygen atoms in total. The first-order chi connectivity index (χ1) is 21.5. The molecule has 0 saturated heterocycles. The van der Waals surface area contributed by atoms with Crippen LogP contribution in [0, 0.1) is 0 Å². The van der Waals surface area contributed by atoms with Gasteiger partial charge in [-0.15, -0.1) is 0 Å². The van der Waals surface area contributed by atoms with Crippen LogP contribution in [0.25, 0.3) is 10.8 Å². The predicted octanol–water partition coefficient (Wildman–Crippen LogP) is 6.75. The Morgan fingerprint density at radius 3 is 2.20 bits per heavy atom. The molecule has 0 aromatic heterocycles. The number of ether oxygens (including phenoxy) is 4. The van der Waals surface area contributed by atoms with Gasteiger partial charge in [0.1, 0.15) is 28.9 Å². The third kappa shape index (κ3) is 6.73. The molecule has 4 aromatic rings. The predicted molar refractivity (Wildman–Crippen MR) is 180 cm³/mol. The summed E-state index contributed by atoms with van der Waals surface area (Å²) in [6, 6.07) is 26.5. The van der Waals surface area contributed by atoms with E-state index in [1.165, 1.54) is 10.4 Å². The summed E-state index contributed by atoms with van der Waals surface area (Å²) in [6.45, 7) is 13.5. The number of fused-ring (bicyclic) bond motifs is 2. The van der Waals surface area contributed by atoms with E-state index in [4.69, 9.17) is 23.4 Å². The minimum absolute atomic E-state index is 0.0970. The molecule has 4 aromatic carbocycles. The number of cyclic esters (lactones) is 1. The second kappa shape index (κ2) is 13.6. The standard InChI is InChI=1S/C37H44O7Si/c1-7-40-24-41-29-22-26-20-27-21-28(44-36(39)34(27)35(38)33(26)32(23-29)43-25(2)3)18-19-42-45(37(4,5)6,30-14-10-8-11-15-30)31-16-12-9-13-17-31/h8-17,20,22-23,25,28,38H,7,18-19,21,24H2,1-6H3/t28-/m1/s1. The number of phenols is 1. The van der Waals surface area contributed by atoms with Crippen molar-refractivity contribution in [3.05, 3.63) is 90.0 Å². The van der Waals surface area contributed by atoms with Crippen LogP contribution in [0.5, 0.6) is 17.2 Å². The molecule has 0 unspecified atom stereocenters. The smallest absolute Gasteiger partial charge is 0.342 e. The Labute approximate surface area is 267 Å². The molecule has 1 aliphatic rings. The van der Waals surface area contributed by atoms with E-state index < -0.39 is 20.4 Å². The summed E-state index contributed by atoms with van der Waals surface area (Å²) < 4.78 is 30.2. The molecule has 1 aliphatic heterocycles. The van der Waals surface area contributed by atoms with Crippen LogP contribution < -0.4 is 19.8 Å². The molecule has 5 rings (SSSR count). The Kier molecular flexibility index (Phi) is 9.87. The Bertz CT molecular complexity index is 1570. The maximum Gasteiger partial charge on any atom is 0.342 e. The van der Waals surface area contributed by atoms with Gasteiger partial charge < -0.3 is 28.5 Å². The Hall–Kier alpha value is -3.85. The lowest BCUT2D eigenvalue weighted by molar-refractivity contribution is 0.0199. The second-order valence-corrected chi connectivity index (χ2v) is 17.0. The lowest BCUT2D eigenvalue weighted by Crippen LogP contribution is -2.66. The van der Waals surface area contributed by atoms with E-state index >= 15 is 0 Å². The normalized spacial score (nSPS) is 15.2. The Morgan fingerprint density at radius 1 is 0.978 bits per heavy atom. The summed E-state index contributed by atoms with van der Waals surface area (Å²) in [5, 5.41) is 14.8. The topological polar surface area (TPSA) is 83.5 Å². The first-order valence-corrected chi connectivity index (χ1v) is 17.6. The molecule has 0 saturated carbocycles. The lowest BCUT2D eigenvalue weighted by Gasteiger charge is -2.43. The van der Waals surface area contributed by atoms with Gasteiger partial charge in [0.2, 0.25) is 0 Å². The molecule has 0 amide bonds. The third-order valence-corrected chi connectivity index (χ3v) is 13.2. The SMILES string of the molecule is CCOCOc1cc(OC(C)C)c2c(O)c3c(cc2c1)C[C@@H](CCO[Si](c1ccccc1)(c1ccccc1)C(C)(C)C)OC3=O. The zero-order valence-electron chi connectivity index (χ0n) is 27.1. The van der Waals surface area contributed by atoms with E-state index in [1.807, 2.05) is 45.0 Å². The summed E-state index contributed by atoms with van der Waals surface area (Å²) in [5.41, 5.74) is 0.910. The van der Waals surface area contributed by atoms with Gasteiger partial charge in [0.25, 0.3) is 8.32 Å². The van der Waals surface area contributed by atoms with E-state index in [0.29, 0.717) is 48.3 Å². The Balaban J connectivity index is 1.44. The van der Waals surface area contributed by atoms with Gasteiger partial charge in [0.15, 0.2) is 6.79 Å². The van der Waals surface area contributed by atoms with Crippen molar-refractivity contribution in [2.24, 2.45) is 0 Å². The molecule has 0 radical (unpaired) electrons. The van der Waals surface area contributed by atoms with E-state index in [2.05, 4.69) is 69.3 Å². The van der Waals surface area contributed by atoms with Gasteiger partial charge in [-0.05, 0) is 59.3 Å². The van der Waals surface area contributed by atoms with Crippen LogP contribution >= 0.6 is 0 Å². The summed E-state index contributed by atoms with van der Waals surface area (Å²) in [6.07, 6.45) is 0.425. The number of carbonyl (C=O) groups is 1. The zero-order valence-corrected chi connectivity index (χ0v) is 28.1. The molecular formula is C37H44O7Si. The molecule has 0 bridgehead atoms. The highest BCUT2D eigenvalue weighted by Gasteiger charge is 2.50. The molecule has 0 fully saturated rings. The number of hydrogen-bond acceptors (Lipinski definition) is 7. The summed E-state index contributed by atoms with van der Waals surface area (Å²) in [5.74, 6) is 0.308. The van der Waals surface area contributed by atoms with E-state index in [-0.39, 0.29) is 29.2 Å². The average Bonchev–Trinajstić information content (AvgIpc) is 2.99. The fourth-order valence-electron chi connectivity index (χ4n) is 6.29. The van der Waals surface area contributed by atoms with Crippen molar-refractivity contribution >= 4 is 35.4 Å². The largest absolute Gasteiger partial charge is 0.506 e. The van der Waals surface area contributed by atoms with Crippen LogP contribution in [0.3, 0.4) is 0 Å². The van der Waals surface area contributed by atoms with Crippen molar-refractivity contribution in [1.82, 2.24) is 0 Å². The molecule has 45 heavy (non-hydrogen) atoms.